The summed E-state index contributed by atoms with van der Waals surface area (Å²) in [6.45, 7) is 0.515. The van der Waals surface area contributed by atoms with Gasteiger partial charge in [0.05, 0.1) is 12.5 Å². The number of fused-ring (bicyclic) bond motifs is 1. The van der Waals surface area contributed by atoms with E-state index in [-0.39, 0.29) is 11.8 Å². The van der Waals surface area contributed by atoms with Crippen LogP contribution in [-0.4, -0.2) is 12.5 Å². The van der Waals surface area contributed by atoms with Gasteiger partial charge in [0.2, 0.25) is 5.91 Å². The summed E-state index contributed by atoms with van der Waals surface area (Å²) in [6.07, 6.45) is 3.94. The summed E-state index contributed by atoms with van der Waals surface area (Å²) >= 11 is 0. The van der Waals surface area contributed by atoms with Gasteiger partial charge in [0.25, 0.3) is 0 Å². The summed E-state index contributed by atoms with van der Waals surface area (Å²) in [5.74, 6) is 2.13. The van der Waals surface area contributed by atoms with E-state index in [1.54, 1.807) is 0 Å². The van der Waals surface area contributed by atoms with Crippen LogP contribution in [0.3, 0.4) is 0 Å². The Hall–Kier alpha value is -1.04. The van der Waals surface area contributed by atoms with Crippen molar-refractivity contribution in [3.63, 3.8) is 0 Å². The van der Waals surface area contributed by atoms with Crippen LogP contribution in [0.5, 0.6) is 0 Å². The van der Waals surface area contributed by atoms with Crippen LogP contribution in [0.1, 0.15) is 25.7 Å². The van der Waals surface area contributed by atoms with Crippen LogP contribution < -0.4 is 5.32 Å². The number of hydrogen-bond donors (Lipinski definition) is 1. The number of amides is 1. The van der Waals surface area contributed by atoms with Crippen molar-refractivity contribution in [2.75, 3.05) is 6.54 Å². The monoisotopic (exact) mass is 178 g/mol. The Bertz CT molecular complexity index is 246. The maximum Gasteiger partial charge on any atom is 0.223 e. The average molecular weight is 178 g/mol. The molecule has 2 fully saturated rings. The second-order valence-corrected chi connectivity index (χ2v) is 4.12. The Kier molecular flexibility index (Phi) is 2.22. The van der Waals surface area contributed by atoms with Gasteiger partial charge in [-0.05, 0) is 31.1 Å². The topological polar surface area (TPSA) is 52.9 Å². The van der Waals surface area contributed by atoms with E-state index >= 15 is 0 Å². The Balaban J connectivity index is 1.69. The number of hydrogen-bond acceptors (Lipinski definition) is 2. The first-order valence-corrected chi connectivity index (χ1v) is 4.96. The highest BCUT2D eigenvalue weighted by atomic mass is 16.1. The fraction of sp³-hybridized carbons (Fsp3) is 0.800. The van der Waals surface area contributed by atoms with Crippen LogP contribution in [-0.2, 0) is 4.79 Å². The van der Waals surface area contributed by atoms with Crippen LogP contribution >= 0.6 is 0 Å². The van der Waals surface area contributed by atoms with Crippen molar-refractivity contribution in [1.29, 1.82) is 5.26 Å². The lowest BCUT2D eigenvalue weighted by atomic mass is 10.0. The lowest BCUT2D eigenvalue weighted by Gasteiger charge is -2.10. The van der Waals surface area contributed by atoms with E-state index in [2.05, 4.69) is 5.32 Å². The van der Waals surface area contributed by atoms with E-state index in [0.29, 0.717) is 13.0 Å². The van der Waals surface area contributed by atoms with Crippen molar-refractivity contribution in [3.8, 4) is 6.07 Å². The Morgan fingerprint density at radius 1 is 1.38 bits per heavy atom. The first-order chi connectivity index (χ1) is 6.31. The van der Waals surface area contributed by atoms with E-state index < -0.39 is 0 Å². The molecule has 0 bridgehead atoms. The summed E-state index contributed by atoms with van der Waals surface area (Å²) in [7, 11) is 0. The molecule has 2 unspecified atom stereocenters. The SMILES string of the molecule is N#CCCNC(=O)C1CC2CC2C1. The van der Waals surface area contributed by atoms with Gasteiger partial charge in [0.1, 0.15) is 0 Å². The van der Waals surface area contributed by atoms with Crippen molar-refractivity contribution < 1.29 is 4.79 Å². The maximum absolute atomic E-state index is 11.5. The Morgan fingerprint density at radius 2 is 2.08 bits per heavy atom. The third-order valence-corrected chi connectivity index (χ3v) is 3.15. The normalized spacial score (nSPS) is 34.8. The summed E-state index contributed by atoms with van der Waals surface area (Å²) in [4.78, 5) is 11.5. The molecule has 13 heavy (non-hydrogen) atoms. The van der Waals surface area contributed by atoms with Gasteiger partial charge in [-0.1, -0.05) is 0 Å². The lowest BCUT2D eigenvalue weighted by molar-refractivity contribution is -0.125. The van der Waals surface area contributed by atoms with Gasteiger partial charge < -0.3 is 5.32 Å². The van der Waals surface area contributed by atoms with E-state index in [4.69, 9.17) is 5.26 Å². The third kappa shape index (κ3) is 1.82. The molecule has 70 valence electrons. The minimum atomic E-state index is 0.169. The van der Waals surface area contributed by atoms with E-state index in [9.17, 15) is 4.79 Å². The van der Waals surface area contributed by atoms with E-state index in [1.165, 1.54) is 6.42 Å². The minimum absolute atomic E-state index is 0.169. The van der Waals surface area contributed by atoms with Crippen LogP contribution in [0.2, 0.25) is 0 Å². The molecule has 2 rings (SSSR count). The molecule has 0 saturated heterocycles. The first-order valence-electron chi connectivity index (χ1n) is 4.96. The second-order valence-electron chi connectivity index (χ2n) is 4.12. The fourth-order valence-corrected chi connectivity index (χ4v) is 2.31. The number of rotatable bonds is 3. The number of nitriles is 1. The van der Waals surface area contributed by atoms with E-state index in [0.717, 1.165) is 24.7 Å². The molecule has 0 spiro atoms. The number of nitrogens with one attached hydrogen (secondary N) is 1. The quantitative estimate of drug-likeness (QED) is 0.657. The third-order valence-electron chi connectivity index (χ3n) is 3.15. The van der Waals surface area contributed by atoms with Crippen LogP contribution in [0.4, 0.5) is 0 Å². The molecule has 0 aliphatic heterocycles. The molecule has 0 heterocycles. The van der Waals surface area contributed by atoms with Crippen molar-refractivity contribution in [1.82, 2.24) is 5.32 Å². The summed E-state index contributed by atoms with van der Waals surface area (Å²) in [5.41, 5.74) is 0. The van der Waals surface area contributed by atoms with Crippen molar-refractivity contribution in [3.05, 3.63) is 0 Å². The van der Waals surface area contributed by atoms with Gasteiger partial charge in [-0.25, -0.2) is 0 Å². The van der Waals surface area contributed by atoms with Gasteiger partial charge in [-0.15, -0.1) is 0 Å². The highest BCUT2D eigenvalue weighted by Crippen LogP contribution is 2.54. The fourth-order valence-electron chi connectivity index (χ4n) is 2.31. The van der Waals surface area contributed by atoms with Gasteiger partial charge in [0, 0.05) is 12.5 Å². The average Bonchev–Trinajstić information content (AvgIpc) is 2.74. The molecule has 1 N–H and O–H groups in total. The van der Waals surface area contributed by atoms with Gasteiger partial charge >= 0.3 is 0 Å². The Labute approximate surface area is 78.1 Å². The molecular weight excluding hydrogens is 164 g/mol. The lowest BCUT2D eigenvalue weighted by Crippen LogP contribution is -2.30. The molecule has 1 amide bonds. The highest BCUT2D eigenvalue weighted by Gasteiger charge is 2.47. The predicted octanol–water partition coefficient (Wildman–Crippen LogP) is 1.06. The molecule has 2 atom stereocenters. The van der Waals surface area contributed by atoms with Crippen molar-refractivity contribution in [2.45, 2.75) is 25.7 Å². The van der Waals surface area contributed by atoms with Crippen LogP contribution in [0.25, 0.3) is 0 Å². The summed E-state index contributed by atoms with van der Waals surface area (Å²) in [6, 6.07) is 2.02. The second kappa shape index (κ2) is 3.37. The van der Waals surface area contributed by atoms with Crippen molar-refractivity contribution >= 4 is 5.91 Å². The maximum atomic E-state index is 11.5. The molecule has 0 aromatic rings. The molecule has 0 radical (unpaired) electrons. The van der Waals surface area contributed by atoms with Gasteiger partial charge in [-0.2, -0.15) is 5.26 Å². The molecule has 3 heteroatoms. The zero-order chi connectivity index (χ0) is 9.26. The molecule has 2 aliphatic rings. The number of carbonyl (C=O) groups is 1. The van der Waals surface area contributed by atoms with E-state index in [1.807, 2.05) is 6.07 Å². The molecule has 2 saturated carbocycles. The zero-order valence-electron chi connectivity index (χ0n) is 7.62. The molecule has 3 nitrogen and oxygen atoms in total. The summed E-state index contributed by atoms with van der Waals surface area (Å²) < 4.78 is 0. The molecular formula is C10H14N2O. The van der Waals surface area contributed by atoms with Crippen LogP contribution in [0, 0.1) is 29.1 Å². The number of carbonyl (C=O) groups excluding carboxylic acids is 1. The molecule has 0 aromatic heterocycles. The van der Waals surface area contributed by atoms with Crippen molar-refractivity contribution in [2.24, 2.45) is 17.8 Å². The predicted molar refractivity (Wildman–Crippen MR) is 47.6 cm³/mol. The van der Waals surface area contributed by atoms with Gasteiger partial charge in [-0.3, -0.25) is 4.79 Å². The van der Waals surface area contributed by atoms with Crippen LogP contribution in [0.15, 0.2) is 0 Å². The minimum Gasteiger partial charge on any atom is -0.355 e. The first kappa shape index (κ1) is 8.55. The standard InChI is InChI=1S/C10H14N2O/c11-2-1-3-12-10(13)9-5-7-4-8(7)6-9/h7-9H,1,3-6H2,(H,12,13). The summed E-state index contributed by atoms with van der Waals surface area (Å²) in [5, 5.41) is 11.1. The smallest absolute Gasteiger partial charge is 0.223 e. The Morgan fingerprint density at radius 3 is 2.69 bits per heavy atom. The number of nitrogens with zero attached hydrogens (tertiary/aromatic N) is 1. The largest absolute Gasteiger partial charge is 0.355 e. The molecule has 0 aromatic carbocycles. The highest BCUT2D eigenvalue weighted by molar-refractivity contribution is 5.79. The van der Waals surface area contributed by atoms with Gasteiger partial charge in [0.15, 0.2) is 0 Å². The zero-order valence-corrected chi connectivity index (χ0v) is 7.62. The molecule has 2 aliphatic carbocycles.